The number of carbonyl (C=O) groups excluding carboxylic acids is 1. The largest absolute Gasteiger partial charge is 0.513 e. The van der Waals surface area contributed by atoms with Gasteiger partial charge in [0.15, 0.2) is 0 Å². The molecule has 0 saturated heterocycles. The van der Waals surface area contributed by atoms with Crippen molar-refractivity contribution in [3.63, 3.8) is 0 Å². The number of pyridine rings is 1. The molecule has 1 N–H and O–H groups in total. The van der Waals surface area contributed by atoms with Crippen molar-refractivity contribution in [1.29, 1.82) is 0 Å². The second-order valence-electron chi connectivity index (χ2n) is 6.09. The number of thiophene rings is 1. The van der Waals surface area contributed by atoms with Crippen LogP contribution in [-0.4, -0.2) is 23.9 Å². The zero-order valence-corrected chi connectivity index (χ0v) is 16.1. The fraction of sp³-hybridized carbons (Fsp3) is 0.368. The number of ether oxygens (including phenoxy) is 3. The SMILES string of the molecule is CCOC(=O)OC1=C(C)Nc2ccnc(OC(C)C)c2C1c1cccs1. The quantitative estimate of drug-likeness (QED) is 0.751. The third-order valence-electron chi connectivity index (χ3n) is 3.83. The fourth-order valence-corrected chi connectivity index (χ4v) is 3.70. The second-order valence-corrected chi connectivity index (χ2v) is 7.07. The van der Waals surface area contributed by atoms with Crippen LogP contribution in [-0.2, 0) is 9.47 Å². The van der Waals surface area contributed by atoms with E-state index in [1.165, 1.54) is 0 Å². The highest BCUT2D eigenvalue weighted by molar-refractivity contribution is 7.10. The van der Waals surface area contributed by atoms with E-state index in [1.807, 2.05) is 44.4 Å². The summed E-state index contributed by atoms with van der Waals surface area (Å²) in [6.07, 6.45) is 0.961. The summed E-state index contributed by atoms with van der Waals surface area (Å²) in [4.78, 5) is 17.4. The Morgan fingerprint density at radius 3 is 2.85 bits per heavy atom. The molecule has 0 radical (unpaired) electrons. The summed E-state index contributed by atoms with van der Waals surface area (Å²) in [7, 11) is 0. The van der Waals surface area contributed by atoms with Crippen molar-refractivity contribution in [2.75, 3.05) is 11.9 Å². The minimum atomic E-state index is -0.719. The Morgan fingerprint density at radius 1 is 1.38 bits per heavy atom. The number of rotatable bonds is 5. The number of anilines is 1. The van der Waals surface area contributed by atoms with Crippen molar-refractivity contribution in [3.8, 4) is 5.88 Å². The molecule has 7 heteroatoms. The van der Waals surface area contributed by atoms with Gasteiger partial charge in [-0.05, 0) is 45.2 Å². The van der Waals surface area contributed by atoms with Gasteiger partial charge >= 0.3 is 6.16 Å². The van der Waals surface area contributed by atoms with Gasteiger partial charge in [-0.15, -0.1) is 11.3 Å². The Bertz CT molecular complexity index is 815. The summed E-state index contributed by atoms with van der Waals surface area (Å²) in [5, 5.41) is 5.29. The molecule has 1 aliphatic rings. The number of carbonyl (C=O) groups is 1. The maximum Gasteiger partial charge on any atom is 0.513 e. The predicted molar refractivity (Wildman–Crippen MR) is 101 cm³/mol. The van der Waals surface area contributed by atoms with Crippen LogP contribution in [0.15, 0.2) is 41.2 Å². The highest BCUT2D eigenvalue weighted by Gasteiger charge is 2.35. The molecule has 2 aromatic rings. The van der Waals surface area contributed by atoms with E-state index in [0.717, 1.165) is 21.8 Å². The van der Waals surface area contributed by atoms with Crippen LogP contribution in [0.1, 0.15) is 44.1 Å². The van der Waals surface area contributed by atoms with Crippen molar-refractivity contribution in [3.05, 3.63) is 51.7 Å². The number of aromatic nitrogens is 1. The lowest BCUT2D eigenvalue weighted by Crippen LogP contribution is -2.23. The maximum atomic E-state index is 12.0. The van der Waals surface area contributed by atoms with Crippen molar-refractivity contribution in [1.82, 2.24) is 4.98 Å². The number of nitrogens with zero attached hydrogens (tertiary/aromatic N) is 1. The summed E-state index contributed by atoms with van der Waals surface area (Å²) in [5.41, 5.74) is 2.50. The van der Waals surface area contributed by atoms with Gasteiger partial charge < -0.3 is 19.5 Å². The first kappa shape index (κ1) is 18.3. The van der Waals surface area contributed by atoms with Crippen LogP contribution >= 0.6 is 11.3 Å². The molecule has 1 aliphatic heterocycles. The van der Waals surface area contributed by atoms with Gasteiger partial charge in [-0.2, -0.15) is 0 Å². The third-order valence-corrected chi connectivity index (χ3v) is 4.76. The lowest BCUT2D eigenvalue weighted by atomic mass is 9.90. The molecule has 0 fully saturated rings. The maximum absolute atomic E-state index is 12.0. The van der Waals surface area contributed by atoms with Gasteiger partial charge in [-0.3, -0.25) is 0 Å². The van der Waals surface area contributed by atoms with E-state index in [1.54, 1.807) is 24.5 Å². The Hall–Kier alpha value is -2.54. The van der Waals surface area contributed by atoms with E-state index in [4.69, 9.17) is 14.2 Å². The van der Waals surface area contributed by atoms with Crippen LogP contribution in [0.2, 0.25) is 0 Å². The molecule has 0 amide bonds. The minimum Gasteiger partial charge on any atom is -0.475 e. The lowest BCUT2D eigenvalue weighted by Gasteiger charge is -2.30. The van der Waals surface area contributed by atoms with E-state index in [2.05, 4.69) is 10.3 Å². The summed E-state index contributed by atoms with van der Waals surface area (Å²) in [5.74, 6) is 0.735. The first-order valence-corrected chi connectivity index (χ1v) is 9.40. The minimum absolute atomic E-state index is 0.0283. The Morgan fingerprint density at radius 2 is 2.19 bits per heavy atom. The number of allylic oxidation sites excluding steroid dienone is 2. The zero-order valence-electron chi connectivity index (χ0n) is 15.2. The number of nitrogens with one attached hydrogen (secondary N) is 1. The van der Waals surface area contributed by atoms with Crippen LogP contribution < -0.4 is 10.1 Å². The molecular formula is C19H22N2O4S. The van der Waals surface area contributed by atoms with Crippen molar-refractivity contribution >= 4 is 23.2 Å². The average Bonchev–Trinajstić information content (AvgIpc) is 3.10. The lowest BCUT2D eigenvalue weighted by molar-refractivity contribution is 0.0776. The molecule has 138 valence electrons. The summed E-state index contributed by atoms with van der Waals surface area (Å²) >= 11 is 1.59. The first-order chi connectivity index (χ1) is 12.5. The predicted octanol–water partition coefficient (Wildman–Crippen LogP) is 4.89. The van der Waals surface area contributed by atoms with E-state index in [0.29, 0.717) is 11.6 Å². The zero-order chi connectivity index (χ0) is 18.7. The van der Waals surface area contributed by atoms with Gasteiger partial charge in [-0.1, -0.05) is 6.07 Å². The highest BCUT2D eigenvalue weighted by atomic mass is 32.1. The van der Waals surface area contributed by atoms with Gasteiger partial charge in [0.1, 0.15) is 5.76 Å². The first-order valence-electron chi connectivity index (χ1n) is 8.52. The van der Waals surface area contributed by atoms with Crippen LogP contribution in [0.4, 0.5) is 10.5 Å². The van der Waals surface area contributed by atoms with Crippen molar-refractivity contribution in [2.45, 2.75) is 39.7 Å². The van der Waals surface area contributed by atoms with Gasteiger partial charge in [0.05, 0.1) is 29.9 Å². The summed E-state index contributed by atoms with van der Waals surface area (Å²) < 4.78 is 16.5. The Kier molecular flexibility index (Phi) is 5.46. The normalized spacial score (nSPS) is 16.1. The van der Waals surface area contributed by atoms with Gasteiger partial charge in [-0.25, -0.2) is 9.78 Å². The molecule has 3 heterocycles. The fourth-order valence-electron chi connectivity index (χ4n) is 2.87. The van der Waals surface area contributed by atoms with Crippen molar-refractivity contribution in [2.24, 2.45) is 0 Å². The van der Waals surface area contributed by atoms with Gasteiger partial charge in [0.25, 0.3) is 0 Å². The van der Waals surface area contributed by atoms with Gasteiger partial charge in [0, 0.05) is 16.8 Å². The second kappa shape index (κ2) is 7.78. The third kappa shape index (κ3) is 3.67. The van der Waals surface area contributed by atoms with Gasteiger partial charge in [0.2, 0.25) is 5.88 Å². The van der Waals surface area contributed by atoms with Crippen LogP contribution in [0.25, 0.3) is 0 Å². The Labute approximate surface area is 156 Å². The highest BCUT2D eigenvalue weighted by Crippen LogP contribution is 2.47. The molecule has 1 atom stereocenters. The number of hydrogen-bond donors (Lipinski definition) is 1. The molecular weight excluding hydrogens is 352 g/mol. The van der Waals surface area contributed by atoms with Crippen LogP contribution in [0.5, 0.6) is 5.88 Å². The van der Waals surface area contributed by atoms with E-state index >= 15 is 0 Å². The molecule has 2 aromatic heterocycles. The van der Waals surface area contributed by atoms with Crippen molar-refractivity contribution < 1.29 is 19.0 Å². The molecule has 0 aromatic carbocycles. The average molecular weight is 374 g/mol. The molecule has 6 nitrogen and oxygen atoms in total. The van der Waals surface area contributed by atoms with E-state index < -0.39 is 6.16 Å². The number of hydrogen-bond acceptors (Lipinski definition) is 7. The molecule has 3 rings (SSSR count). The number of fused-ring (bicyclic) bond motifs is 1. The Balaban J connectivity index is 2.11. The summed E-state index contributed by atoms with van der Waals surface area (Å²) in [6.45, 7) is 7.78. The molecule has 26 heavy (non-hydrogen) atoms. The van der Waals surface area contributed by atoms with E-state index in [9.17, 15) is 4.79 Å². The van der Waals surface area contributed by atoms with E-state index in [-0.39, 0.29) is 18.6 Å². The van der Waals surface area contributed by atoms with Crippen LogP contribution in [0, 0.1) is 0 Å². The molecule has 0 bridgehead atoms. The topological polar surface area (TPSA) is 69.7 Å². The molecule has 0 saturated carbocycles. The van der Waals surface area contributed by atoms with Crippen LogP contribution in [0.3, 0.4) is 0 Å². The standard InChI is InChI=1S/C19H22N2O4S/c1-5-23-19(22)25-17-12(4)21-13-8-9-20-18(24-11(2)3)15(13)16(17)14-7-6-10-26-14/h6-11,16,21H,5H2,1-4H3. The molecule has 0 spiro atoms. The monoisotopic (exact) mass is 374 g/mol. The smallest absolute Gasteiger partial charge is 0.475 e. The molecule has 1 unspecified atom stereocenters. The summed E-state index contributed by atoms with van der Waals surface area (Å²) in [6, 6.07) is 5.88. The molecule has 0 aliphatic carbocycles.